The molecule has 1 saturated carbocycles. The van der Waals surface area contributed by atoms with Crippen molar-refractivity contribution in [2.75, 3.05) is 11.4 Å². The summed E-state index contributed by atoms with van der Waals surface area (Å²) in [6.07, 6.45) is 16.4. The molecule has 1 aliphatic carbocycles. The van der Waals surface area contributed by atoms with Crippen LogP contribution < -0.4 is 4.90 Å². The van der Waals surface area contributed by atoms with Crippen molar-refractivity contribution in [3.05, 3.63) is 95.6 Å². The van der Waals surface area contributed by atoms with Crippen molar-refractivity contribution in [3.63, 3.8) is 0 Å². The van der Waals surface area contributed by atoms with Gasteiger partial charge in [0.25, 0.3) is 0 Å². The Bertz CT molecular complexity index is 2340. The molecule has 0 bridgehead atoms. The number of nitrogens with zero attached hydrogens (tertiary/aromatic N) is 11. The van der Waals surface area contributed by atoms with Gasteiger partial charge >= 0.3 is 0 Å². The number of anilines is 1. The Morgan fingerprint density at radius 2 is 1.68 bits per heavy atom. The van der Waals surface area contributed by atoms with Crippen LogP contribution in [-0.2, 0) is 13.0 Å². The van der Waals surface area contributed by atoms with E-state index in [-0.39, 0.29) is 0 Å². The van der Waals surface area contributed by atoms with Crippen LogP contribution in [0.25, 0.3) is 39.2 Å². The van der Waals surface area contributed by atoms with Crippen molar-refractivity contribution in [1.82, 2.24) is 54.1 Å². The number of hydrogen-bond donors (Lipinski definition) is 1. The predicted molar refractivity (Wildman–Crippen MR) is 179 cm³/mol. The highest BCUT2D eigenvalue weighted by atomic mass is 15.3. The van der Waals surface area contributed by atoms with E-state index in [1.807, 2.05) is 71.2 Å². The molecule has 0 spiro atoms. The van der Waals surface area contributed by atoms with Gasteiger partial charge in [-0.05, 0) is 49.9 Å². The van der Waals surface area contributed by atoms with Crippen LogP contribution in [0.5, 0.6) is 0 Å². The van der Waals surface area contributed by atoms with E-state index in [4.69, 9.17) is 35.1 Å². The van der Waals surface area contributed by atoms with E-state index in [2.05, 4.69) is 34.8 Å². The zero-order valence-electron chi connectivity index (χ0n) is 26.6. The maximum absolute atomic E-state index is 5.09. The molecule has 12 heteroatoms. The summed E-state index contributed by atoms with van der Waals surface area (Å²) >= 11 is 0. The third kappa shape index (κ3) is 4.91. The molecule has 2 aliphatic rings. The van der Waals surface area contributed by atoms with Crippen molar-refractivity contribution in [2.45, 2.75) is 58.9 Å². The molecular weight excluding hydrogens is 588 g/mol. The van der Waals surface area contributed by atoms with Gasteiger partial charge < -0.3 is 9.88 Å². The Kier molecular flexibility index (Phi) is 6.37. The molecule has 12 nitrogen and oxygen atoms in total. The maximum Gasteiger partial charge on any atom is 0.153 e. The van der Waals surface area contributed by atoms with Crippen molar-refractivity contribution in [2.24, 2.45) is 5.92 Å². The van der Waals surface area contributed by atoms with E-state index in [1.54, 1.807) is 0 Å². The fourth-order valence-corrected chi connectivity index (χ4v) is 6.57. The lowest BCUT2D eigenvalue weighted by atomic mass is 9.85. The van der Waals surface area contributed by atoms with E-state index in [0.717, 1.165) is 85.7 Å². The zero-order valence-corrected chi connectivity index (χ0v) is 26.6. The first-order chi connectivity index (χ1) is 22.9. The molecule has 8 heterocycles. The minimum Gasteiger partial charge on any atom is -0.346 e. The molecule has 0 unspecified atom stereocenters. The van der Waals surface area contributed by atoms with Crippen LogP contribution >= 0.6 is 0 Å². The number of rotatable bonds is 7. The van der Waals surface area contributed by atoms with Crippen molar-refractivity contribution >= 4 is 33.7 Å². The number of aromatic amines is 1. The normalized spacial score (nSPS) is 15.1. The lowest BCUT2D eigenvalue weighted by Crippen LogP contribution is -2.29. The number of aryl methyl sites for hydroxylation is 1. The van der Waals surface area contributed by atoms with Gasteiger partial charge in [0.2, 0.25) is 0 Å². The van der Waals surface area contributed by atoms with Gasteiger partial charge in [0.1, 0.15) is 23.1 Å². The minimum atomic E-state index is 0.445. The molecule has 7 aromatic rings. The highest BCUT2D eigenvalue weighted by Gasteiger charge is 2.26. The first-order valence-corrected chi connectivity index (χ1v) is 16.3. The second kappa shape index (κ2) is 10.8. The van der Waals surface area contributed by atoms with E-state index < -0.39 is 0 Å². The second-order valence-corrected chi connectivity index (χ2v) is 13.1. The number of hydrogen-bond acceptors (Lipinski definition) is 9. The summed E-state index contributed by atoms with van der Waals surface area (Å²) in [5, 5.41) is 10.8. The number of aromatic nitrogens is 11. The molecule has 9 rings (SSSR count). The van der Waals surface area contributed by atoms with Gasteiger partial charge in [-0.1, -0.05) is 26.3 Å². The molecule has 1 N–H and O–H groups in total. The molecule has 0 amide bonds. The smallest absolute Gasteiger partial charge is 0.153 e. The highest BCUT2D eigenvalue weighted by molar-refractivity contribution is 5.92. The third-order valence-corrected chi connectivity index (χ3v) is 9.15. The fraction of sp³-hybridized carbons (Fsp3) is 0.314. The van der Waals surface area contributed by atoms with Crippen molar-refractivity contribution in [1.29, 1.82) is 0 Å². The minimum absolute atomic E-state index is 0.445. The van der Waals surface area contributed by atoms with Gasteiger partial charge in [-0.25, -0.2) is 38.9 Å². The van der Waals surface area contributed by atoms with Gasteiger partial charge in [0, 0.05) is 59.6 Å². The summed E-state index contributed by atoms with van der Waals surface area (Å²) in [6.45, 7) is 7.58. The average molecular weight is 623 g/mol. The Morgan fingerprint density at radius 3 is 2.51 bits per heavy atom. The predicted octanol–water partition coefficient (Wildman–Crippen LogP) is 5.73. The second-order valence-electron chi connectivity index (χ2n) is 13.1. The molecular formula is C35H34N12. The van der Waals surface area contributed by atoms with Crippen LogP contribution in [0.4, 0.5) is 5.82 Å². The molecule has 1 fully saturated rings. The third-order valence-electron chi connectivity index (χ3n) is 9.15. The number of nitrogens with one attached hydrogen (secondary N) is 1. The average Bonchev–Trinajstić information content (AvgIpc) is 3.74. The van der Waals surface area contributed by atoms with E-state index in [1.165, 1.54) is 19.3 Å². The van der Waals surface area contributed by atoms with Crippen LogP contribution in [0.2, 0.25) is 0 Å². The molecule has 47 heavy (non-hydrogen) atoms. The summed E-state index contributed by atoms with van der Waals surface area (Å²) in [4.78, 5) is 34.4. The monoisotopic (exact) mass is 622 g/mol. The van der Waals surface area contributed by atoms with Crippen molar-refractivity contribution in [3.8, 4) is 11.3 Å². The van der Waals surface area contributed by atoms with E-state index >= 15 is 0 Å². The van der Waals surface area contributed by atoms with Gasteiger partial charge in [0.05, 0.1) is 41.7 Å². The molecule has 7 aromatic heterocycles. The summed E-state index contributed by atoms with van der Waals surface area (Å²) in [5.74, 6) is 3.60. The van der Waals surface area contributed by atoms with Gasteiger partial charge in [0.15, 0.2) is 11.3 Å². The van der Waals surface area contributed by atoms with Gasteiger partial charge in [-0.3, -0.25) is 0 Å². The van der Waals surface area contributed by atoms with Crippen LogP contribution in [0.1, 0.15) is 73.3 Å². The van der Waals surface area contributed by atoms with Crippen LogP contribution in [0.15, 0.2) is 61.3 Å². The highest BCUT2D eigenvalue weighted by Crippen LogP contribution is 2.36. The molecule has 0 saturated heterocycles. The number of fused-ring (bicyclic) bond motifs is 4. The molecule has 0 aromatic carbocycles. The Morgan fingerprint density at radius 1 is 0.872 bits per heavy atom. The molecule has 0 atom stereocenters. The molecule has 1 aliphatic heterocycles. The fourth-order valence-electron chi connectivity index (χ4n) is 6.57. The first-order valence-electron chi connectivity index (χ1n) is 16.3. The zero-order chi connectivity index (χ0) is 31.6. The van der Waals surface area contributed by atoms with Crippen LogP contribution in [0.3, 0.4) is 0 Å². The summed E-state index contributed by atoms with van der Waals surface area (Å²) < 4.78 is 3.69. The first kappa shape index (κ1) is 27.8. The SMILES string of the molecule is Cc1cn2nc(C3=CCN(Cc4cn5nc(-c6c[nH]c7nc(C8CCC8)ncc67)ccc5n4)c4nc(CC(C)C)ncc43)ccc2n1. The Hall–Kier alpha value is -5.52. The van der Waals surface area contributed by atoms with Gasteiger partial charge in [-0.15, -0.1) is 0 Å². The Labute approximate surface area is 270 Å². The summed E-state index contributed by atoms with van der Waals surface area (Å²) in [5.41, 5.74) is 8.97. The van der Waals surface area contributed by atoms with Crippen LogP contribution in [0, 0.1) is 12.8 Å². The van der Waals surface area contributed by atoms with E-state index in [9.17, 15) is 0 Å². The summed E-state index contributed by atoms with van der Waals surface area (Å²) in [6, 6.07) is 8.05. The van der Waals surface area contributed by atoms with Gasteiger partial charge in [-0.2, -0.15) is 10.2 Å². The molecule has 0 radical (unpaired) electrons. The molecule has 234 valence electrons. The largest absolute Gasteiger partial charge is 0.346 e. The summed E-state index contributed by atoms with van der Waals surface area (Å²) in [7, 11) is 0. The maximum atomic E-state index is 5.09. The van der Waals surface area contributed by atoms with Crippen molar-refractivity contribution < 1.29 is 0 Å². The Balaban J connectivity index is 1.03. The quantitative estimate of drug-likeness (QED) is 0.237. The lowest BCUT2D eigenvalue weighted by Gasteiger charge is -2.29. The number of imidazole rings is 2. The topological polar surface area (TPSA) is 131 Å². The number of H-pyrrole nitrogens is 1. The lowest BCUT2D eigenvalue weighted by molar-refractivity contribution is 0.402. The van der Waals surface area contributed by atoms with Crippen LogP contribution in [-0.4, -0.2) is 60.7 Å². The van der Waals surface area contributed by atoms with E-state index in [0.29, 0.717) is 24.9 Å². The standard InChI is InChI=1S/C35H34N12/c1-20(2)13-30-36-16-27-24(28-7-9-31-39-21(3)17-46(31)43-28)11-12-45(35(27)41-30)18-23-19-47-32(40-23)10-8-29(44-47)25-14-38-34-26(25)15-37-33(42-34)22-5-4-6-22/h7-11,14-17,19-20,22H,4-6,12-13,18H2,1-3H3,(H,37,38,42).